The third kappa shape index (κ3) is 3.99. The number of carbonyl (C=O) groups excluding carboxylic acids is 1. The van der Waals surface area contributed by atoms with Gasteiger partial charge in [-0.25, -0.2) is 0 Å². The molecule has 128 valence electrons. The van der Waals surface area contributed by atoms with Crippen molar-refractivity contribution in [3.63, 3.8) is 0 Å². The lowest BCUT2D eigenvalue weighted by Crippen LogP contribution is -2.44. The second-order valence-electron chi connectivity index (χ2n) is 6.08. The lowest BCUT2D eigenvalue weighted by atomic mass is 10.0. The molecule has 0 aliphatic carbocycles. The Morgan fingerprint density at radius 1 is 1.33 bits per heavy atom. The van der Waals surface area contributed by atoms with Crippen LogP contribution in [0.25, 0.3) is 0 Å². The molecule has 1 atom stereocenters. The fourth-order valence-electron chi connectivity index (χ4n) is 3.00. The van der Waals surface area contributed by atoms with E-state index in [2.05, 4.69) is 10.1 Å². The molecular weight excluding hydrogens is 322 g/mol. The first-order valence-corrected chi connectivity index (χ1v) is 9.34. The third-order valence-corrected chi connectivity index (χ3v) is 5.15. The number of hydrogen-bond donors (Lipinski definition) is 0. The number of aryl methyl sites for hydroxylation is 1. The SMILES string of the molecule is Cc1cc(CN(C)C(=O)[C@@H](c2ccccc2)N2CCSCC2)no1. The smallest absolute Gasteiger partial charge is 0.244 e. The zero-order valence-corrected chi connectivity index (χ0v) is 15.0. The summed E-state index contributed by atoms with van der Waals surface area (Å²) in [4.78, 5) is 17.2. The van der Waals surface area contributed by atoms with Gasteiger partial charge in [-0.3, -0.25) is 9.69 Å². The van der Waals surface area contributed by atoms with Gasteiger partial charge in [0.25, 0.3) is 0 Å². The van der Waals surface area contributed by atoms with Gasteiger partial charge in [-0.05, 0) is 12.5 Å². The number of benzene rings is 1. The summed E-state index contributed by atoms with van der Waals surface area (Å²) >= 11 is 1.95. The Kier molecular flexibility index (Phi) is 5.58. The number of nitrogens with zero attached hydrogens (tertiary/aromatic N) is 3. The Morgan fingerprint density at radius 3 is 2.67 bits per heavy atom. The highest BCUT2D eigenvalue weighted by molar-refractivity contribution is 7.99. The van der Waals surface area contributed by atoms with Crippen molar-refractivity contribution < 1.29 is 9.32 Å². The molecule has 1 aliphatic rings. The van der Waals surface area contributed by atoms with Crippen molar-refractivity contribution >= 4 is 17.7 Å². The summed E-state index contributed by atoms with van der Waals surface area (Å²) in [5, 5.41) is 4.00. The molecule has 0 saturated carbocycles. The number of carbonyl (C=O) groups is 1. The summed E-state index contributed by atoms with van der Waals surface area (Å²) in [5.41, 5.74) is 1.84. The lowest BCUT2D eigenvalue weighted by Gasteiger charge is -2.35. The molecule has 0 bridgehead atoms. The topological polar surface area (TPSA) is 49.6 Å². The summed E-state index contributed by atoms with van der Waals surface area (Å²) in [6.07, 6.45) is 0. The van der Waals surface area contributed by atoms with E-state index in [1.54, 1.807) is 4.90 Å². The largest absolute Gasteiger partial charge is 0.361 e. The zero-order chi connectivity index (χ0) is 16.9. The van der Waals surface area contributed by atoms with Crippen LogP contribution in [-0.2, 0) is 11.3 Å². The summed E-state index contributed by atoms with van der Waals surface area (Å²) in [6, 6.07) is 11.7. The minimum absolute atomic E-state index is 0.105. The van der Waals surface area contributed by atoms with Gasteiger partial charge in [0.1, 0.15) is 17.5 Å². The molecule has 0 spiro atoms. The molecule has 0 unspecified atom stereocenters. The highest BCUT2D eigenvalue weighted by Crippen LogP contribution is 2.26. The van der Waals surface area contributed by atoms with Crippen LogP contribution in [0.1, 0.15) is 23.1 Å². The minimum atomic E-state index is -0.231. The standard InChI is InChI=1S/C18H23N3O2S/c1-14-12-16(19-23-14)13-20(2)18(22)17(15-6-4-3-5-7-15)21-8-10-24-11-9-21/h3-7,12,17H,8-11,13H2,1-2H3/t17-/m1/s1. The van der Waals surface area contributed by atoms with Crippen LogP contribution >= 0.6 is 11.8 Å². The van der Waals surface area contributed by atoms with E-state index in [-0.39, 0.29) is 11.9 Å². The minimum Gasteiger partial charge on any atom is -0.361 e. The zero-order valence-electron chi connectivity index (χ0n) is 14.1. The van der Waals surface area contributed by atoms with Crippen molar-refractivity contribution in [3.05, 3.63) is 53.4 Å². The number of amides is 1. The van der Waals surface area contributed by atoms with Gasteiger partial charge in [-0.15, -0.1) is 0 Å². The summed E-state index contributed by atoms with van der Waals surface area (Å²) in [5.74, 6) is 3.01. The number of aromatic nitrogens is 1. The van der Waals surface area contributed by atoms with E-state index in [1.165, 1.54) is 0 Å². The predicted molar refractivity (Wildman–Crippen MR) is 95.8 cm³/mol. The molecule has 2 heterocycles. The van der Waals surface area contributed by atoms with Gasteiger partial charge in [-0.2, -0.15) is 11.8 Å². The monoisotopic (exact) mass is 345 g/mol. The van der Waals surface area contributed by atoms with Crippen LogP contribution in [0.3, 0.4) is 0 Å². The van der Waals surface area contributed by atoms with Gasteiger partial charge < -0.3 is 9.42 Å². The van der Waals surface area contributed by atoms with Crippen LogP contribution in [0.4, 0.5) is 0 Å². The molecule has 0 N–H and O–H groups in total. The number of likely N-dealkylation sites (N-methyl/N-ethyl adjacent to an activating group) is 1. The molecule has 1 amide bonds. The average Bonchev–Trinajstić information content (AvgIpc) is 3.02. The first kappa shape index (κ1) is 17.0. The molecule has 2 aromatic rings. The maximum atomic E-state index is 13.2. The fourth-order valence-corrected chi connectivity index (χ4v) is 3.93. The summed E-state index contributed by atoms with van der Waals surface area (Å²) < 4.78 is 5.11. The molecule has 6 heteroatoms. The first-order chi connectivity index (χ1) is 11.6. The van der Waals surface area contributed by atoms with E-state index >= 15 is 0 Å². The molecule has 24 heavy (non-hydrogen) atoms. The van der Waals surface area contributed by atoms with E-state index in [0.29, 0.717) is 6.54 Å². The van der Waals surface area contributed by atoms with Gasteiger partial charge in [0.05, 0.1) is 6.54 Å². The Labute approximate surface area is 147 Å². The van der Waals surface area contributed by atoms with E-state index in [0.717, 1.165) is 41.6 Å². The first-order valence-electron chi connectivity index (χ1n) is 8.19. The van der Waals surface area contributed by atoms with Crippen LogP contribution in [0, 0.1) is 6.92 Å². The van der Waals surface area contributed by atoms with Crippen molar-refractivity contribution in [2.75, 3.05) is 31.6 Å². The van der Waals surface area contributed by atoms with Crippen LogP contribution in [0.2, 0.25) is 0 Å². The number of thioether (sulfide) groups is 1. The van der Waals surface area contributed by atoms with Crippen LogP contribution in [0.15, 0.2) is 40.9 Å². The number of hydrogen-bond acceptors (Lipinski definition) is 5. The van der Waals surface area contributed by atoms with E-state index in [4.69, 9.17) is 4.52 Å². The van der Waals surface area contributed by atoms with Crippen molar-refractivity contribution in [1.82, 2.24) is 15.0 Å². The Morgan fingerprint density at radius 2 is 2.04 bits per heavy atom. The van der Waals surface area contributed by atoms with Crippen LogP contribution in [-0.4, -0.2) is 52.5 Å². The number of rotatable bonds is 5. The third-order valence-electron chi connectivity index (χ3n) is 4.21. The van der Waals surface area contributed by atoms with Gasteiger partial charge in [-0.1, -0.05) is 35.5 Å². The van der Waals surface area contributed by atoms with Gasteiger partial charge in [0.15, 0.2) is 0 Å². The summed E-state index contributed by atoms with van der Waals surface area (Å²) in [7, 11) is 1.83. The van der Waals surface area contributed by atoms with Crippen molar-refractivity contribution in [3.8, 4) is 0 Å². The molecule has 1 aromatic heterocycles. The van der Waals surface area contributed by atoms with Crippen LogP contribution < -0.4 is 0 Å². The quantitative estimate of drug-likeness (QED) is 0.834. The van der Waals surface area contributed by atoms with Gasteiger partial charge >= 0.3 is 0 Å². The molecule has 1 aliphatic heterocycles. The molecule has 3 rings (SSSR count). The Hall–Kier alpha value is -1.79. The molecular formula is C18H23N3O2S. The molecule has 1 fully saturated rings. The Balaban J connectivity index is 1.79. The van der Waals surface area contributed by atoms with E-state index < -0.39 is 0 Å². The maximum absolute atomic E-state index is 13.2. The maximum Gasteiger partial charge on any atom is 0.244 e. The van der Waals surface area contributed by atoms with Crippen molar-refractivity contribution in [1.29, 1.82) is 0 Å². The van der Waals surface area contributed by atoms with Crippen molar-refractivity contribution in [2.45, 2.75) is 19.5 Å². The molecule has 0 radical (unpaired) electrons. The molecule has 1 saturated heterocycles. The van der Waals surface area contributed by atoms with E-state index in [1.807, 2.05) is 62.1 Å². The molecule has 1 aromatic carbocycles. The van der Waals surface area contributed by atoms with Crippen molar-refractivity contribution in [2.24, 2.45) is 0 Å². The normalized spacial score (nSPS) is 16.8. The van der Waals surface area contributed by atoms with Gasteiger partial charge in [0.2, 0.25) is 5.91 Å². The second kappa shape index (κ2) is 7.85. The van der Waals surface area contributed by atoms with Crippen LogP contribution in [0.5, 0.6) is 0 Å². The Bertz CT molecular complexity index is 668. The predicted octanol–water partition coefficient (Wildman–Crippen LogP) is 2.73. The van der Waals surface area contributed by atoms with E-state index in [9.17, 15) is 4.79 Å². The second-order valence-corrected chi connectivity index (χ2v) is 7.31. The highest BCUT2D eigenvalue weighted by atomic mass is 32.2. The van der Waals surface area contributed by atoms with Gasteiger partial charge in [0, 0.05) is 37.7 Å². The molecule has 5 nitrogen and oxygen atoms in total. The highest BCUT2D eigenvalue weighted by Gasteiger charge is 2.31. The fraction of sp³-hybridized carbons (Fsp3) is 0.444. The summed E-state index contributed by atoms with van der Waals surface area (Å²) in [6.45, 7) is 4.19. The average molecular weight is 345 g/mol. The lowest BCUT2D eigenvalue weighted by molar-refractivity contribution is -0.136.